The van der Waals surface area contributed by atoms with Gasteiger partial charge in [-0.2, -0.15) is 0 Å². The summed E-state index contributed by atoms with van der Waals surface area (Å²) in [6.07, 6.45) is 5.56. The largest absolute Gasteiger partial charge is 0.394 e. The fourth-order valence-electron chi connectivity index (χ4n) is 2.64. The minimum atomic E-state index is -0.221. The first-order chi connectivity index (χ1) is 9.35. The summed E-state index contributed by atoms with van der Waals surface area (Å²) in [6, 6.07) is 1.89. The van der Waals surface area contributed by atoms with E-state index in [0.29, 0.717) is 0 Å². The molecule has 1 aliphatic rings. The molecule has 1 aromatic rings. The van der Waals surface area contributed by atoms with Gasteiger partial charge in [-0.15, -0.1) is 0 Å². The molecule has 0 aliphatic heterocycles. The van der Waals surface area contributed by atoms with Crippen molar-refractivity contribution in [1.29, 1.82) is 0 Å². The summed E-state index contributed by atoms with van der Waals surface area (Å²) in [5.74, 6) is 1.60. The van der Waals surface area contributed by atoms with Crippen molar-refractivity contribution in [2.75, 3.05) is 11.9 Å². The highest BCUT2D eigenvalue weighted by molar-refractivity contribution is 9.10. The van der Waals surface area contributed by atoms with E-state index in [4.69, 9.17) is 0 Å². The normalized spacial score (nSPS) is 18.9. The zero-order valence-corrected chi connectivity index (χ0v) is 14.1. The fourth-order valence-corrected chi connectivity index (χ4v) is 3.02. The SMILES string of the molecule is CC(C)(C)c1nc(Br)cc(NC2(CO)CCCCC2)n1. The first kappa shape index (κ1) is 15.7. The molecule has 0 saturated heterocycles. The van der Waals surface area contributed by atoms with Gasteiger partial charge in [0.15, 0.2) is 0 Å². The summed E-state index contributed by atoms with van der Waals surface area (Å²) in [5, 5.41) is 13.2. The van der Waals surface area contributed by atoms with Crippen LogP contribution in [0, 0.1) is 0 Å². The van der Waals surface area contributed by atoms with Crippen LogP contribution in [0.15, 0.2) is 10.7 Å². The smallest absolute Gasteiger partial charge is 0.137 e. The molecule has 1 saturated carbocycles. The van der Waals surface area contributed by atoms with E-state index >= 15 is 0 Å². The molecule has 0 radical (unpaired) electrons. The van der Waals surface area contributed by atoms with Gasteiger partial charge >= 0.3 is 0 Å². The van der Waals surface area contributed by atoms with Crippen LogP contribution in [0.5, 0.6) is 0 Å². The maximum absolute atomic E-state index is 9.78. The number of anilines is 1. The van der Waals surface area contributed by atoms with Crippen molar-refractivity contribution in [3.63, 3.8) is 0 Å². The van der Waals surface area contributed by atoms with Crippen molar-refractivity contribution in [1.82, 2.24) is 9.97 Å². The highest BCUT2D eigenvalue weighted by Crippen LogP contribution is 2.32. The van der Waals surface area contributed by atoms with E-state index in [-0.39, 0.29) is 17.6 Å². The Morgan fingerprint density at radius 2 is 1.90 bits per heavy atom. The molecule has 1 aliphatic carbocycles. The van der Waals surface area contributed by atoms with Gasteiger partial charge in [-0.25, -0.2) is 9.97 Å². The highest BCUT2D eigenvalue weighted by atomic mass is 79.9. The molecule has 0 amide bonds. The number of aliphatic hydroxyl groups excluding tert-OH is 1. The molecule has 0 bridgehead atoms. The standard InChI is InChI=1S/C15H24BrN3O/c1-14(2,3)13-17-11(16)9-12(18-13)19-15(10-20)7-5-4-6-8-15/h9,20H,4-8,10H2,1-3H3,(H,17,18,19). The Bertz CT molecular complexity index is 465. The van der Waals surface area contributed by atoms with Crippen molar-refractivity contribution >= 4 is 21.7 Å². The Kier molecular flexibility index (Phi) is 4.69. The van der Waals surface area contributed by atoms with E-state index in [9.17, 15) is 5.11 Å². The molecule has 4 nitrogen and oxygen atoms in total. The van der Waals surface area contributed by atoms with Crippen molar-refractivity contribution in [2.45, 2.75) is 63.8 Å². The summed E-state index contributed by atoms with van der Waals surface area (Å²) < 4.78 is 0.781. The van der Waals surface area contributed by atoms with Gasteiger partial charge in [0.1, 0.15) is 16.2 Å². The van der Waals surface area contributed by atoms with E-state index in [0.717, 1.165) is 41.9 Å². The number of halogens is 1. The van der Waals surface area contributed by atoms with Crippen LogP contribution in [0.1, 0.15) is 58.7 Å². The number of aromatic nitrogens is 2. The molecule has 2 N–H and O–H groups in total. The van der Waals surface area contributed by atoms with Crippen LogP contribution in [0.3, 0.4) is 0 Å². The van der Waals surface area contributed by atoms with E-state index in [1.54, 1.807) is 0 Å². The van der Waals surface area contributed by atoms with Gasteiger partial charge in [0, 0.05) is 11.5 Å². The molecular formula is C15H24BrN3O. The van der Waals surface area contributed by atoms with E-state index in [2.05, 4.69) is 52.0 Å². The summed E-state index contributed by atoms with van der Waals surface area (Å²) in [6.45, 7) is 6.45. The molecule has 0 unspecified atom stereocenters. The van der Waals surface area contributed by atoms with Crippen LogP contribution in [-0.4, -0.2) is 27.2 Å². The van der Waals surface area contributed by atoms with E-state index < -0.39 is 0 Å². The Morgan fingerprint density at radius 3 is 2.45 bits per heavy atom. The van der Waals surface area contributed by atoms with Gasteiger partial charge in [-0.1, -0.05) is 40.0 Å². The topological polar surface area (TPSA) is 58.0 Å². The molecule has 0 atom stereocenters. The lowest BCUT2D eigenvalue weighted by atomic mass is 9.82. The van der Waals surface area contributed by atoms with Crippen LogP contribution < -0.4 is 5.32 Å². The van der Waals surface area contributed by atoms with Crippen LogP contribution in [0.4, 0.5) is 5.82 Å². The maximum atomic E-state index is 9.78. The molecule has 5 heteroatoms. The fraction of sp³-hybridized carbons (Fsp3) is 0.733. The lowest BCUT2D eigenvalue weighted by Crippen LogP contribution is -2.44. The first-order valence-electron chi connectivity index (χ1n) is 7.29. The van der Waals surface area contributed by atoms with Crippen LogP contribution >= 0.6 is 15.9 Å². The number of hydrogen-bond acceptors (Lipinski definition) is 4. The Hall–Kier alpha value is -0.680. The average molecular weight is 342 g/mol. The van der Waals surface area contributed by atoms with Gasteiger partial charge in [0.05, 0.1) is 12.1 Å². The third kappa shape index (κ3) is 3.70. The summed E-state index contributed by atoms with van der Waals surface area (Å²) in [5.41, 5.74) is -0.319. The van der Waals surface area contributed by atoms with Gasteiger partial charge in [0.2, 0.25) is 0 Å². The monoisotopic (exact) mass is 341 g/mol. The van der Waals surface area contributed by atoms with E-state index in [1.807, 2.05) is 6.07 Å². The zero-order chi connectivity index (χ0) is 14.8. The predicted molar refractivity (Wildman–Crippen MR) is 85.0 cm³/mol. The molecule has 1 fully saturated rings. The molecule has 2 rings (SSSR count). The zero-order valence-electron chi connectivity index (χ0n) is 12.5. The second-order valence-electron chi connectivity index (χ2n) is 6.77. The summed E-state index contributed by atoms with van der Waals surface area (Å²) >= 11 is 3.46. The lowest BCUT2D eigenvalue weighted by Gasteiger charge is -2.37. The molecule has 0 spiro atoms. The van der Waals surface area contributed by atoms with Crippen molar-refractivity contribution < 1.29 is 5.11 Å². The summed E-state index contributed by atoms with van der Waals surface area (Å²) in [7, 11) is 0. The van der Waals surface area contributed by atoms with Gasteiger partial charge in [-0.05, 0) is 28.8 Å². The second kappa shape index (κ2) is 5.98. The molecule has 20 heavy (non-hydrogen) atoms. The summed E-state index contributed by atoms with van der Waals surface area (Å²) in [4.78, 5) is 9.08. The van der Waals surface area contributed by atoms with Crippen molar-refractivity contribution in [2.24, 2.45) is 0 Å². The number of aliphatic hydroxyl groups is 1. The lowest BCUT2D eigenvalue weighted by molar-refractivity contribution is 0.172. The third-order valence-electron chi connectivity index (χ3n) is 3.87. The number of hydrogen-bond donors (Lipinski definition) is 2. The first-order valence-corrected chi connectivity index (χ1v) is 8.08. The minimum Gasteiger partial charge on any atom is -0.394 e. The Morgan fingerprint density at radius 1 is 1.25 bits per heavy atom. The van der Waals surface area contributed by atoms with Crippen LogP contribution in [0.25, 0.3) is 0 Å². The average Bonchev–Trinajstić information content (AvgIpc) is 2.38. The number of rotatable bonds is 3. The molecular weight excluding hydrogens is 318 g/mol. The molecule has 0 aromatic carbocycles. The third-order valence-corrected chi connectivity index (χ3v) is 4.28. The quantitative estimate of drug-likeness (QED) is 0.824. The van der Waals surface area contributed by atoms with Crippen LogP contribution in [0.2, 0.25) is 0 Å². The van der Waals surface area contributed by atoms with Crippen LogP contribution in [-0.2, 0) is 5.41 Å². The molecule has 112 valence electrons. The van der Waals surface area contributed by atoms with E-state index in [1.165, 1.54) is 6.42 Å². The number of nitrogens with zero attached hydrogens (tertiary/aromatic N) is 2. The van der Waals surface area contributed by atoms with Gasteiger partial charge < -0.3 is 10.4 Å². The highest BCUT2D eigenvalue weighted by Gasteiger charge is 2.32. The Balaban J connectivity index is 2.26. The van der Waals surface area contributed by atoms with Gasteiger partial charge in [0.25, 0.3) is 0 Å². The molecule has 1 heterocycles. The van der Waals surface area contributed by atoms with Crippen molar-refractivity contribution in [3.05, 3.63) is 16.5 Å². The predicted octanol–water partition coefficient (Wildman–Crippen LogP) is 3.64. The van der Waals surface area contributed by atoms with Gasteiger partial charge in [-0.3, -0.25) is 0 Å². The number of nitrogens with one attached hydrogen (secondary N) is 1. The maximum Gasteiger partial charge on any atom is 0.137 e. The minimum absolute atomic E-state index is 0.0981. The molecule has 1 aromatic heterocycles. The Labute approximate surface area is 129 Å². The van der Waals surface area contributed by atoms with Crippen molar-refractivity contribution in [3.8, 4) is 0 Å². The second-order valence-corrected chi connectivity index (χ2v) is 7.59.